The molecule has 0 radical (unpaired) electrons. The van der Waals surface area contributed by atoms with Crippen LogP contribution in [0.4, 0.5) is 0 Å². The van der Waals surface area contributed by atoms with E-state index in [1.54, 1.807) is 14.2 Å². The van der Waals surface area contributed by atoms with Crippen LogP contribution in [0, 0.1) is 6.92 Å². The van der Waals surface area contributed by atoms with E-state index in [9.17, 15) is 4.79 Å². The van der Waals surface area contributed by atoms with E-state index in [0.717, 1.165) is 16.9 Å². The Hall–Kier alpha value is -2.75. The van der Waals surface area contributed by atoms with Crippen LogP contribution in [0.5, 0.6) is 11.5 Å². The number of rotatable bonds is 3. The van der Waals surface area contributed by atoms with Gasteiger partial charge in [0.05, 0.1) is 14.2 Å². The van der Waals surface area contributed by atoms with Crippen molar-refractivity contribution in [3.8, 4) is 22.8 Å². The molecular weight excluding hydrogens is 280 g/mol. The summed E-state index contributed by atoms with van der Waals surface area (Å²) >= 11 is 0. The number of aryl methyl sites for hydroxylation is 1. The van der Waals surface area contributed by atoms with Crippen molar-refractivity contribution in [1.29, 1.82) is 0 Å². The summed E-state index contributed by atoms with van der Waals surface area (Å²) in [6.45, 7) is 1.93. The fourth-order valence-electron chi connectivity index (χ4n) is 2.44. The summed E-state index contributed by atoms with van der Waals surface area (Å²) in [5.41, 5.74) is 2.19. The van der Waals surface area contributed by atoms with Crippen LogP contribution in [0.2, 0.25) is 0 Å². The minimum absolute atomic E-state index is 0.121. The lowest BCUT2D eigenvalue weighted by Crippen LogP contribution is -2.03. The number of methoxy groups -OCH3 is 2. The van der Waals surface area contributed by atoms with Gasteiger partial charge in [-0.25, -0.2) is 0 Å². The molecule has 3 aromatic rings. The molecule has 0 amide bonds. The average Bonchev–Trinajstić information content (AvgIpc) is 2.53. The van der Waals surface area contributed by atoms with Crippen molar-refractivity contribution in [3.63, 3.8) is 0 Å². The molecule has 0 aliphatic rings. The topological polar surface area (TPSA) is 48.7 Å². The van der Waals surface area contributed by atoms with Gasteiger partial charge in [-0.3, -0.25) is 4.79 Å². The fraction of sp³-hybridized carbons (Fsp3) is 0.167. The van der Waals surface area contributed by atoms with E-state index >= 15 is 0 Å². The maximum atomic E-state index is 12.4. The second-order valence-electron chi connectivity index (χ2n) is 5.04. The van der Waals surface area contributed by atoms with Crippen LogP contribution in [0.15, 0.2) is 51.7 Å². The molecule has 0 bridgehead atoms. The van der Waals surface area contributed by atoms with Crippen molar-refractivity contribution in [2.24, 2.45) is 0 Å². The van der Waals surface area contributed by atoms with E-state index in [0.29, 0.717) is 22.5 Å². The zero-order chi connectivity index (χ0) is 15.7. The van der Waals surface area contributed by atoms with Crippen LogP contribution in [0.3, 0.4) is 0 Å². The highest BCUT2D eigenvalue weighted by molar-refractivity contribution is 5.85. The smallest absolute Gasteiger partial charge is 0.197 e. The summed E-state index contributed by atoms with van der Waals surface area (Å²) in [5, 5.41) is 0.463. The van der Waals surface area contributed by atoms with Gasteiger partial charge in [0, 0.05) is 11.6 Å². The van der Waals surface area contributed by atoms with E-state index in [1.165, 1.54) is 6.07 Å². The number of hydrogen-bond donors (Lipinski definition) is 0. The minimum Gasteiger partial charge on any atom is -0.497 e. The van der Waals surface area contributed by atoms with E-state index in [1.807, 2.05) is 43.3 Å². The van der Waals surface area contributed by atoms with Gasteiger partial charge in [0.1, 0.15) is 28.2 Å². The van der Waals surface area contributed by atoms with Crippen molar-refractivity contribution in [2.45, 2.75) is 6.92 Å². The lowest BCUT2D eigenvalue weighted by molar-refractivity contribution is 0.415. The molecule has 0 saturated carbocycles. The van der Waals surface area contributed by atoms with Gasteiger partial charge in [-0.1, -0.05) is 0 Å². The first-order valence-electron chi connectivity index (χ1n) is 6.89. The van der Waals surface area contributed by atoms with Gasteiger partial charge in [0.2, 0.25) is 0 Å². The first-order chi connectivity index (χ1) is 10.6. The summed E-state index contributed by atoms with van der Waals surface area (Å²) < 4.78 is 16.3. The van der Waals surface area contributed by atoms with Crippen molar-refractivity contribution in [1.82, 2.24) is 0 Å². The number of hydrogen-bond acceptors (Lipinski definition) is 4. The Morgan fingerprint density at radius 3 is 2.32 bits per heavy atom. The quantitative estimate of drug-likeness (QED) is 0.738. The molecular formula is C18H16O4. The fourth-order valence-corrected chi connectivity index (χ4v) is 2.44. The van der Waals surface area contributed by atoms with E-state index < -0.39 is 0 Å². The lowest BCUT2D eigenvalue weighted by atomic mass is 10.1. The van der Waals surface area contributed by atoms with Crippen molar-refractivity contribution in [3.05, 3.63) is 58.3 Å². The number of ether oxygens (including phenoxy) is 2. The number of fused-ring (bicyclic) bond motifs is 1. The summed E-state index contributed by atoms with van der Waals surface area (Å²) in [4.78, 5) is 12.4. The summed E-state index contributed by atoms with van der Waals surface area (Å²) in [5.74, 6) is 1.81. The predicted octanol–water partition coefficient (Wildman–Crippen LogP) is 3.79. The monoisotopic (exact) mass is 296 g/mol. The first kappa shape index (κ1) is 14.2. The largest absolute Gasteiger partial charge is 0.497 e. The van der Waals surface area contributed by atoms with E-state index in [2.05, 4.69) is 0 Å². The second kappa shape index (κ2) is 5.56. The Morgan fingerprint density at radius 1 is 0.955 bits per heavy atom. The summed E-state index contributed by atoms with van der Waals surface area (Å²) in [7, 11) is 3.16. The third-order valence-corrected chi connectivity index (χ3v) is 3.53. The first-order valence-corrected chi connectivity index (χ1v) is 6.89. The molecule has 0 saturated heterocycles. The van der Waals surface area contributed by atoms with Gasteiger partial charge in [-0.15, -0.1) is 0 Å². The maximum Gasteiger partial charge on any atom is 0.197 e. The summed E-state index contributed by atoms with van der Waals surface area (Å²) in [6.07, 6.45) is 0. The Kier molecular flexibility index (Phi) is 3.59. The van der Waals surface area contributed by atoms with Crippen LogP contribution in [-0.2, 0) is 0 Å². The third kappa shape index (κ3) is 2.44. The van der Waals surface area contributed by atoms with Crippen LogP contribution in [-0.4, -0.2) is 14.2 Å². The molecule has 0 N–H and O–H groups in total. The third-order valence-electron chi connectivity index (χ3n) is 3.53. The zero-order valence-corrected chi connectivity index (χ0v) is 12.7. The van der Waals surface area contributed by atoms with Crippen LogP contribution < -0.4 is 14.9 Å². The van der Waals surface area contributed by atoms with E-state index in [-0.39, 0.29) is 5.43 Å². The average molecular weight is 296 g/mol. The van der Waals surface area contributed by atoms with E-state index in [4.69, 9.17) is 13.9 Å². The Labute approximate surface area is 127 Å². The molecule has 1 aromatic heterocycles. The van der Waals surface area contributed by atoms with Crippen molar-refractivity contribution in [2.75, 3.05) is 14.2 Å². The van der Waals surface area contributed by atoms with Gasteiger partial charge in [0.25, 0.3) is 0 Å². The van der Waals surface area contributed by atoms with Crippen molar-refractivity contribution >= 4 is 11.0 Å². The van der Waals surface area contributed by atoms with Gasteiger partial charge < -0.3 is 13.9 Å². The molecule has 0 fully saturated rings. The highest BCUT2D eigenvalue weighted by Gasteiger charge is 2.12. The minimum atomic E-state index is -0.121. The Morgan fingerprint density at radius 2 is 1.68 bits per heavy atom. The molecule has 0 aliphatic carbocycles. The Bertz CT molecular complexity index is 876. The van der Waals surface area contributed by atoms with Crippen LogP contribution >= 0.6 is 0 Å². The maximum absolute atomic E-state index is 12.4. The molecule has 4 heteroatoms. The molecule has 0 atom stereocenters. The normalized spacial score (nSPS) is 10.7. The highest BCUT2D eigenvalue weighted by atomic mass is 16.5. The standard InChI is InChI=1S/C18H16O4/c1-11-8-16(21-3)18-14(19)10-15(22-17(18)9-11)12-4-6-13(20-2)7-5-12/h4-10H,1-3H3. The second-order valence-corrected chi connectivity index (χ2v) is 5.04. The zero-order valence-electron chi connectivity index (χ0n) is 12.7. The Balaban J connectivity index is 2.22. The molecule has 112 valence electrons. The summed E-state index contributed by atoms with van der Waals surface area (Å²) in [6, 6.07) is 12.5. The molecule has 22 heavy (non-hydrogen) atoms. The van der Waals surface area contributed by atoms with Gasteiger partial charge in [-0.05, 0) is 48.9 Å². The van der Waals surface area contributed by atoms with Crippen molar-refractivity contribution < 1.29 is 13.9 Å². The number of benzene rings is 2. The molecule has 0 spiro atoms. The predicted molar refractivity (Wildman–Crippen MR) is 85.8 cm³/mol. The molecule has 4 nitrogen and oxygen atoms in total. The van der Waals surface area contributed by atoms with Gasteiger partial charge in [-0.2, -0.15) is 0 Å². The molecule has 0 aliphatic heterocycles. The molecule has 3 rings (SSSR count). The highest BCUT2D eigenvalue weighted by Crippen LogP contribution is 2.29. The molecule has 1 heterocycles. The van der Waals surface area contributed by atoms with Gasteiger partial charge in [0.15, 0.2) is 5.43 Å². The van der Waals surface area contributed by atoms with Crippen LogP contribution in [0.25, 0.3) is 22.3 Å². The lowest BCUT2D eigenvalue weighted by Gasteiger charge is -2.08. The molecule has 0 unspecified atom stereocenters. The van der Waals surface area contributed by atoms with Crippen LogP contribution in [0.1, 0.15) is 5.56 Å². The van der Waals surface area contributed by atoms with Gasteiger partial charge >= 0.3 is 0 Å². The molecule has 2 aromatic carbocycles. The SMILES string of the molecule is COc1ccc(-c2cc(=O)c3c(OC)cc(C)cc3o2)cc1.